The number of para-hydroxylation sites is 2. The fourth-order valence-electron chi connectivity index (χ4n) is 5.36. The van der Waals surface area contributed by atoms with Crippen LogP contribution in [0.3, 0.4) is 0 Å². The van der Waals surface area contributed by atoms with E-state index in [1.54, 1.807) is 30.3 Å². The van der Waals surface area contributed by atoms with Crippen LogP contribution >= 0.6 is 7.60 Å². The summed E-state index contributed by atoms with van der Waals surface area (Å²) in [4.78, 5) is 0. The minimum absolute atomic E-state index is 0.266. The molecule has 0 unspecified atom stereocenters. The van der Waals surface area contributed by atoms with Gasteiger partial charge in [0.15, 0.2) is 0 Å². The van der Waals surface area contributed by atoms with Crippen molar-refractivity contribution >= 4 is 7.60 Å². The Morgan fingerprint density at radius 3 is 1.44 bits per heavy atom. The van der Waals surface area contributed by atoms with Crippen LogP contribution in [0.2, 0.25) is 0 Å². The average molecular weight is 663 g/mol. The molecule has 4 atom stereocenters. The molecule has 7 nitrogen and oxygen atoms in total. The summed E-state index contributed by atoms with van der Waals surface area (Å²) in [6, 6.07) is 47.8. The molecular formula is C40H39O7P. The highest BCUT2D eigenvalue weighted by Gasteiger charge is 2.46. The molecule has 0 spiro atoms. The normalized spacial score (nSPS) is 19.3. The molecule has 0 N–H and O–H groups in total. The van der Waals surface area contributed by atoms with Crippen LogP contribution in [0.5, 0.6) is 11.5 Å². The Labute approximate surface area is 282 Å². The van der Waals surface area contributed by atoms with Crippen molar-refractivity contribution in [3.8, 4) is 11.5 Å². The Balaban J connectivity index is 1.27. The van der Waals surface area contributed by atoms with E-state index in [1.807, 2.05) is 127 Å². The molecule has 6 rings (SSSR count). The van der Waals surface area contributed by atoms with Gasteiger partial charge >= 0.3 is 7.60 Å². The van der Waals surface area contributed by atoms with Crippen molar-refractivity contribution in [3.05, 3.63) is 180 Å². The summed E-state index contributed by atoms with van der Waals surface area (Å²) in [5, 5.41) is 0. The molecule has 5 aromatic rings. The first-order valence-corrected chi connectivity index (χ1v) is 17.6. The predicted molar refractivity (Wildman–Crippen MR) is 186 cm³/mol. The van der Waals surface area contributed by atoms with E-state index in [0.717, 1.165) is 16.7 Å². The molecule has 1 aliphatic rings. The van der Waals surface area contributed by atoms with E-state index in [4.69, 9.17) is 28.0 Å². The monoisotopic (exact) mass is 662 g/mol. The quantitative estimate of drug-likeness (QED) is 0.0977. The third-order valence-electron chi connectivity index (χ3n) is 7.72. The molecule has 5 aromatic carbocycles. The average Bonchev–Trinajstić information content (AvgIpc) is 3.47. The zero-order valence-corrected chi connectivity index (χ0v) is 27.4. The van der Waals surface area contributed by atoms with E-state index in [0.29, 0.717) is 31.3 Å². The first-order chi connectivity index (χ1) is 23.6. The van der Waals surface area contributed by atoms with Gasteiger partial charge in [-0.2, -0.15) is 0 Å². The van der Waals surface area contributed by atoms with Gasteiger partial charge in [-0.25, -0.2) is 4.57 Å². The molecule has 0 aliphatic carbocycles. The molecule has 8 heteroatoms. The van der Waals surface area contributed by atoms with Gasteiger partial charge in [-0.3, -0.25) is 0 Å². The van der Waals surface area contributed by atoms with Gasteiger partial charge in [0.05, 0.1) is 32.2 Å². The van der Waals surface area contributed by atoms with Crippen LogP contribution in [-0.2, 0) is 43.3 Å². The fourth-order valence-corrected chi connectivity index (χ4v) is 6.73. The highest BCUT2D eigenvalue weighted by Crippen LogP contribution is 2.50. The predicted octanol–water partition coefficient (Wildman–Crippen LogP) is 9.01. The summed E-state index contributed by atoms with van der Waals surface area (Å²) >= 11 is 0. The fraction of sp³-hybridized carbons (Fsp3) is 0.200. The lowest BCUT2D eigenvalue weighted by Crippen LogP contribution is -2.38. The van der Waals surface area contributed by atoms with Gasteiger partial charge in [-0.15, -0.1) is 0 Å². The van der Waals surface area contributed by atoms with E-state index >= 15 is 0 Å². The van der Waals surface area contributed by atoms with Gasteiger partial charge in [0.2, 0.25) is 0 Å². The molecule has 1 heterocycles. The van der Waals surface area contributed by atoms with Crippen LogP contribution in [0.25, 0.3) is 0 Å². The largest absolute Gasteiger partial charge is 0.455 e. The van der Waals surface area contributed by atoms with Crippen LogP contribution in [-0.4, -0.2) is 31.0 Å². The van der Waals surface area contributed by atoms with Gasteiger partial charge in [-0.05, 0) is 47.0 Å². The lowest BCUT2D eigenvalue weighted by atomic mass is 10.1. The van der Waals surface area contributed by atoms with Crippen LogP contribution in [0.1, 0.15) is 16.7 Å². The zero-order chi connectivity index (χ0) is 32.9. The minimum Gasteiger partial charge on any atom is -0.413 e. The van der Waals surface area contributed by atoms with Crippen molar-refractivity contribution in [1.82, 2.24) is 0 Å². The number of hydrogen-bond acceptors (Lipinski definition) is 7. The summed E-state index contributed by atoms with van der Waals surface area (Å²) in [5.41, 5.74) is 3.10. The van der Waals surface area contributed by atoms with Gasteiger partial charge in [0.1, 0.15) is 35.9 Å². The molecule has 0 amide bonds. The lowest BCUT2D eigenvalue weighted by Gasteiger charge is -2.25. The van der Waals surface area contributed by atoms with Crippen LogP contribution in [0, 0.1) is 0 Å². The number of ether oxygens (including phenoxy) is 4. The maximum atomic E-state index is 14.3. The smallest absolute Gasteiger partial charge is 0.413 e. The van der Waals surface area contributed by atoms with Crippen LogP contribution in [0.4, 0.5) is 0 Å². The summed E-state index contributed by atoms with van der Waals surface area (Å²) in [7, 11) is -3.87. The molecule has 1 fully saturated rings. The summed E-state index contributed by atoms with van der Waals surface area (Å²) in [6.07, 6.45) is -0.469. The molecule has 1 saturated heterocycles. The van der Waals surface area contributed by atoms with Crippen molar-refractivity contribution in [2.45, 2.75) is 44.2 Å². The van der Waals surface area contributed by atoms with E-state index in [2.05, 4.69) is 0 Å². The van der Waals surface area contributed by atoms with Crippen molar-refractivity contribution < 1.29 is 32.6 Å². The third kappa shape index (κ3) is 9.77. The maximum absolute atomic E-state index is 14.3. The molecule has 0 saturated carbocycles. The Kier molecular flexibility index (Phi) is 11.9. The molecule has 0 radical (unpaired) electrons. The second-order valence-electron chi connectivity index (χ2n) is 11.4. The van der Waals surface area contributed by atoms with Crippen molar-refractivity contribution in [2.75, 3.05) is 6.61 Å². The standard InChI is InChI=1S/C40H39O7P/c41-48(46-35-22-12-4-13-23-35,47-36-24-14-5-15-25-36)27-26-37-39(43-29-33-18-8-2-9-19-33)40(44-30-34-20-10-3-11-21-34)38(45-37)31-42-28-32-16-6-1-7-17-32/h1-27,37-40H,28-31H2/t37-,38-,39-,40-/m1/s1. The topological polar surface area (TPSA) is 72.5 Å². The second-order valence-corrected chi connectivity index (χ2v) is 13.1. The Morgan fingerprint density at radius 2 is 0.958 bits per heavy atom. The Morgan fingerprint density at radius 1 is 0.542 bits per heavy atom. The molecule has 0 aromatic heterocycles. The van der Waals surface area contributed by atoms with Crippen LogP contribution < -0.4 is 9.05 Å². The molecule has 1 aliphatic heterocycles. The summed E-state index contributed by atoms with van der Waals surface area (Å²) < 4.78 is 52.2. The highest BCUT2D eigenvalue weighted by molar-refractivity contribution is 7.58. The van der Waals surface area contributed by atoms with E-state index in [9.17, 15) is 4.57 Å². The maximum Gasteiger partial charge on any atom is 0.455 e. The molecule has 246 valence electrons. The van der Waals surface area contributed by atoms with Gasteiger partial charge < -0.3 is 28.0 Å². The molecular weight excluding hydrogens is 623 g/mol. The minimum atomic E-state index is -3.87. The van der Waals surface area contributed by atoms with Gasteiger partial charge in [-0.1, -0.05) is 127 Å². The van der Waals surface area contributed by atoms with E-state index in [-0.39, 0.29) is 6.61 Å². The van der Waals surface area contributed by atoms with Crippen molar-refractivity contribution in [2.24, 2.45) is 0 Å². The highest BCUT2D eigenvalue weighted by atomic mass is 31.2. The molecule has 0 bridgehead atoms. The Bertz CT molecular complexity index is 1680. The molecule has 48 heavy (non-hydrogen) atoms. The van der Waals surface area contributed by atoms with Gasteiger partial charge in [0.25, 0.3) is 0 Å². The van der Waals surface area contributed by atoms with Crippen molar-refractivity contribution in [3.63, 3.8) is 0 Å². The number of rotatable bonds is 16. The number of benzene rings is 5. The first-order valence-electron chi connectivity index (χ1n) is 16.0. The van der Waals surface area contributed by atoms with E-state index < -0.39 is 32.0 Å². The number of hydrogen-bond donors (Lipinski definition) is 0. The Hall–Kier alpha value is -4.49. The van der Waals surface area contributed by atoms with Gasteiger partial charge in [0, 0.05) is 0 Å². The second kappa shape index (κ2) is 17.1. The zero-order valence-electron chi connectivity index (χ0n) is 26.5. The lowest BCUT2D eigenvalue weighted by molar-refractivity contribution is -0.0896. The van der Waals surface area contributed by atoms with Crippen LogP contribution in [0.15, 0.2) is 164 Å². The first kappa shape index (κ1) is 33.4. The summed E-state index contributed by atoms with van der Waals surface area (Å²) in [6.45, 7) is 1.38. The van der Waals surface area contributed by atoms with E-state index in [1.165, 1.54) is 5.82 Å². The third-order valence-corrected chi connectivity index (χ3v) is 9.19. The summed E-state index contributed by atoms with van der Waals surface area (Å²) in [5.74, 6) is 2.29. The van der Waals surface area contributed by atoms with Crippen molar-refractivity contribution in [1.29, 1.82) is 0 Å². The SMILES string of the molecule is O=P(C=C[C@H]1O[C@H](COCc2ccccc2)[C@@H](OCc2ccccc2)[C@@H]1OCc1ccccc1)(Oc1ccccc1)Oc1ccccc1.